The van der Waals surface area contributed by atoms with E-state index in [0.29, 0.717) is 12.2 Å². The highest BCUT2D eigenvalue weighted by Crippen LogP contribution is 2.23. The van der Waals surface area contributed by atoms with Gasteiger partial charge in [-0.1, -0.05) is 32.0 Å². The smallest absolute Gasteiger partial charge is 0.326 e. The van der Waals surface area contributed by atoms with Gasteiger partial charge in [0.2, 0.25) is 5.91 Å². The van der Waals surface area contributed by atoms with Crippen LogP contribution in [0.1, 0.15) is 30.8 Å². The number of amides is 2. The van der Waals surface area contributed by atoms with Crippen LogP contribution in [0.5, 0.6) is 11.7 Å². The average Bonchev–Trinajstić information content (AvgIpc) is 3.08. The minimum atomic E-state index is -1.11. The molecule has 27 heavy (non-hydrogen) atoms. The summed E-state index contributed by atoms with van der Waals surface area (Å²) in [5.74, 6) is -1.54. The zero-order chi connectivity index (χ0) is 19.8. The van der Waals surface area contributed by atoms with Crippen molar-refractivity contribution in [3.63, 3.8) is 0 Å². The monoisotopic (exact) mass is 374 g/mol. The van der Waals surface area contributed by atoms with Gasteiger partial charge in [0.1, 0.15) is 11.8 Å². The van der Waals surface area contributed by atoms with Crippen molar-refractivity contribution in [2.24, 2.45) is 5.92 Å². The Bertz CT molecular complexity index is 785. The lowest BCUT2D eigenvalue weighted by Crippen LogP contribution is -2.46. The van der Waals surface area contributed by atoms with Crippen molar-refractivity contribution in [1.29, 1.82) is 0 Å². The fraction of sp³-hybridized carbons (Fsp3) is 0.316. The Balaban J connectivity index is 1.84. The van der Waals surface area contributed by atoms with E-state index in [2.05, 4.69) is 10.6 Å². The van der Waals surface area contributed by atoms with Crippen molar-refractivity contribution in [2.75, 3.05) is 6.54 Å². The molecule has 0 saturated carbocycles. The molecule has 0 spiro atoms. The summed E-state index contributed by atoms with van der Waals surface area (Å²) in [7, 11) is 0. The Kier molecular flexibility index (Phi) is 6.99. The van der Waals surface area contributed by atoms with Gasteiger partial charge in [0.25, 0.3) is 11.9 Å². The molecular formula is C19H22N2O6. The lowest BCUT2D eigenvalue weighted by Gasteiger charge is -2.16. The highest BCUT2D eigenvalue weighted by atomic mass is 16.6. The lowest BCUT2D eigenvalue weighted by molar-refractivity contribution is -0.142. The molecule has 144 valence electrons. The average molecular weight is 374 g/mol. The lowest BCUT2D eigenvalue weighted by atomic mass is 10.0. The van der Waals surface area contributed by atoms with Crippen molar-refractivity contribution in [3.8, 4) is 11.7 Å². The minimum absolute atomic E-state index is 0.0225. The van der Waals surface area contributed by atoms with Gasteiger partial charge in [-0.25, -0.2) is 4.79 Å². The first kappa shape index (κ1) is 20.0. The Morgan fingerprint density at radius 1 is 1.11 bits per heavy atom. The van der Waals surface area contributed by atoms with Gasteiger partial charge in [-0.2, -0.15) is 0 Å². The number of furan rings is 1. The molecule has 8 heteroatoms. The largest absolute Gasteiger partial charge is 0.480 e. The van der Waals surface area contributed by atoms with E-state index in [4.69, 9.17) is 14.3 Å². The van der Waals surface area contributed by atoms with Crippen LogP contribution in [0.15, 0.2) is 46.9 Å². The highest BCUT2D eigenvalue weighted by Gasteiger charge is 2.21. The highest BCUT2D eigenvalue weighted by molar-refractivity contribution is 5.94. The molecule has 0 saturated heterocycles. The first-order valence-electron chi connectivity index (χ1n) is 8.48. The maximum absolute atomic E-state index is 12.1. The number of ether oxygens (including phenoxy) is 1. The summed E-state index contributed by atoms with van der Waals surface area (Å²) in [4.78, 5) is 35.1. The third-order valence-electron chi connectivity index (χ3n) is 3.52. The van der Waals surface area contributed by atoms with Gasteiger partial charge in [-0.15, -0.1) is 0 Å². The third-order valence-corrected chi connectivity index (χ3v) is 3.52. The van der Waals surface area contributed by atoms with Crippen molar-refractivity contribution in [3.05, 3.63) is 48.2 Å². The van der Waals surface area contributed by atoms with E-state index in [1.165, 1.54) is 12.1 Å². The zero-order valence-corrected chi connectivity index (χ0v) is 15.1. The number of carbonyl (C=O) groups is 3. The molecule has 2 amide bonds. The van der Waals surface area contributed by atoms with Crippen molar-refractivity contribution >= 4 is 17.8 Å². The Morgan fingerprint density at radius 3 is 2.44 bits per heavy atom. The number of carboxylic acid groups (broad SMARTS) is 1. The number of carboxylic acids is 1. The van der Waals surface area contributed by atoms with Crippen LogP contribution in [0.2, 0.25) is 0 Å². The Hall–Kier alpha value is -3.29. The molecule has 0 aliphatic carbocycles. The quantitative estimate of drug-likeness (QED) is 0.620. The number of nitrogens with one attached hydrogen (secondary N) is 2. The maximum atomic E-state index is 12.1. The molecule has 0 radical (unpaired) electrons. The predicted molar refractivity (Wildman–Crippen MR) is 96.6 cm³/mol. The second-order valence-electron chi connectivity index (χ2n) is 6.30. The summed E-state index contributed by atoms with van der Waals surface area (Å²) in [6.45, 7) is 3.35. The van der Waals surface area contributed by atoms with E-state index in [1.54, 1.807) is 24.3 Å². The number of carbonyl (C=O) groups excluding carboxylic acids is 2. The van der Waals surface area contributed by atoms with E-state index in [9.17, 15) is 14.4 Å². The zero-order valence-electron chi connectivity index (χ0n) is 15.1. The van der Waals surface area contributed by atoms with Crippen LogP contribution < -0.4 is 15.4 Å². The van der Waals surface area contributed by atoms with Crippen LogP contribution >= 0.6 is 0 Å². The normalized spacial score (nSPS) is 11.7. The molecule has 2 rings (SSSR count). The molecular weight excluding hydrogens is 352 g/mol. The van der Waals surface area contributed by atoms with E-state index >= 15 is 0 Å². The van der Waals surface area contributed by atoms with Crippen LogP contribution in [-0.2, 0) is 9.59 Å². The Labute approximate surface area is 156 Å². The molecule has 2 aromatic rings. The molecule has 0 aliphatic heterocycles. The summed E-state index contributed by atoms with van der Waals surface area (Å²) >= 11 is 0. The number of para-hydroxylation sites is 1. The van der Waals surface area contributed by atoms with Crippen LogP contribution in [0, 0.1) is 5.92 Å². The van der Waals surface area contributed by atoms with E-state index < -0.39 is 23.8 Å². The molecule has 1 heterocycles. The molecule has 3 N–H and O–H groups in total. The van der Waals surface area contributed by atoms with Gasteiger partial charge < -0.3 is 24.9 Å². The number of rotatable bonds is 9. The summed E-state index contributed by atoms with van der Waals surface area (Å²) in [5.41, 5.74) is 0. The molecule has 1 aromatic carbocycles. The SMILES string of the molecule is CC(C)C[C@H](NC(=O)CNC(=O)c1ccc(Oc2ccccc2)o1)C(=O)O. The number of hydrogen-bond acceptors (Lipinski definition) is 5. The molecule has 0 aliphatic rings. The summed E-state index contributed by atoms with van der Waals surface area (Å²) < 4.78 is 10.8. The van der Waals surface area contributed by atoms with Crippen molar-refractivity contribution < 1.29 is 28.6 Å². The van der Waals surface area contributed by atoms with Gasteiger partial charge in [-0.05, 0) is 30.5 Å². The van der Waals surface area contributed by atoms with Crippen molar-refractivity contribution in [1.82, 2.24) is 10.6 Å². The topological polar surface area (TPSA) is 118 Å². The molecule has 0 bridgehead atoms. The number of aliphatic carboxylic acids is 1. The molecule has 1 atom stereocenters. The third kappa shape index (κ3) is 6.50. The van der Waals surface area contributed by atoms with E-state index in [0.717, 1.165) is 0 Å². The van der Waals surface area contributed by atoms with Crippen LogP contribution in [-0.4, -0.2) is 35.5 Å². The second kappa shape index (κ2) is 9.42. The fourth-order valence-corrected chi connectivity index (χ4v) is 2.29. The summed E-state index contributed by atoms with van der Waals surface area (Å²) in [6, 6.07) is 10.8. The van der Waals surface area contributed by atoms with Gasteiger partial charge in [-0.3, -0.25) is 9.59 Å². The van der Waals surface area contributed by atoms with Crippen molar-refractivity contribution in [2.45, 2.75) is 26.3 Å². The van der Waals surface area contributed by atoms with Crippen LogP contribution in [0.25, 0.3) is 0 Å². The number of hydrogen-bond donors (Lipinski definition) is 3. The van der Waals surface area contributed by atoms with Crippen LogP contribution in [0.3, 0.4) is 0 Å². The standard InChI is InChI=1S/C19H22N2O6/c1-12(2)10-14(19(24)25)21-16(22)11-20-18(23)15-8-9-17(27-15)26-13-6-4-3-5-7-13/h3-9,12,14H,10-11H2,1-2H3,(H,20,23)(H,21,22)(H,24,25)/t14-/m0/s1. The molecule has 8 nitrogen and oxygen atoms in total. The van der Waals surface area contributed by atoms with Gasteiger partial charge in [0.05, 0.1) is 6.54 Å². The number of benzene rings is 1. The molecule has 0 fully saturated rings. The molecule has 0 unspecified atom stereocenters. The first-order valence-corrected chi connectivity index (χ1v) is 8.48. The van der Waals surface area contributed by atoms with E-state index in [1.807, 2.05) is 19.9 Å². The summed E-state index contributed by atoms with van der Waals surface area (Å²) in [5, 5.41) is 13.9. The minimum Gasteiger partial charge on any atom is -0.480 e. The van der Waals surface area contributed by atoms with Gasteiger partial charge >= 0.3 is 5.97 Å². The van der Waals surface area contributed by atoms with E-state index in [-0.39, 0.29) is 24.2 Å². The summed E-state index contributed by atoms with van der Waals surface area (Å²) in [6.07, 6.45) is 0.299. The van der Waals surface area contributed by atoms with Crippen LogP contribution in [0.4, 0.5) is 0 Å². The fourth-order valence-electron chi connectivity index (χ4n) is 2.29. The Morgan fingerprint density at radius 2 is 1.81 bits per heavy atom. The predicted octanol–water partition coefficient (Wildman–Crippen LogP) is 2.42. The second-order valence-corrected chi connectivity index (χ2v) is 6.30. The van der Waals surface area contributed by atoms with Gasteiger partial charge in [0.15, 0.2) is 5.76 Å². The van der Waals surface area contributed by atoms with Gasteiger partial charge in [0, 0.05) is 6.07 Å². The first-order chi connectivity index (χ1) is 12.8. The maximum Gasteiger partial charge on any atom is 0.326 e. The molecule has 1 aromatic heterocycles.